The van der Waals surface area contributed by atoms with E-state index in [0.717, 1.165) is 32.1 Å². The number of carbonyl (C=O) groups is 2. The molecule has 2 unspecified atom stereocenters. The molecule has 4 aliphatic carbocycles. The molecule has 6 rings (SSSR count). The molecule has 8 nitrogen and oxygen atoms in total. The third kappa shape index (κ3) is 3.19. The molecule has 2 aromatic rings. The van der Waals surface area contributed by atoms with E-state index in [4.69, 9.17) is 0 Å². The summed E-state index contributed by atoms with van der Waals surface area (Å²) in [6.45, 7) is -0.178. The van der Waals surface area contributed by atoms with Crippen LogP contribution in [0.3, 0.4) is 0 Å². The lowest BCUT2D eigenvalue weighted by atomic mass is 9.49. The van der Waals surface area contributed by atoms with Crippen molar-refractivity contribution in [3.8, 4) is 0 Å². The van der Waals surface area contributed by atoms with Gasteiger partial charge in [-0.05, 0) is 62.5 Å². The first-order chi connectivity index (χ1) is 14.3. The van der Waals surface area contributed by atoms with Gasteiger partial charge in [0, 0.05) is 4.32 Å². The first-order valence-corrected chi connectivity index (χ1v) is 11.1. The molecule has 9 heteroatoms. The van der Waals surface area contributed by atoms with E-state index in [9.17, 15) is 19.2 Å². The summed E-state index contributed by atoms with van der Waals surface area (Å²) in [5, 5.41) is 10.3. The molecule has 2 atom stereocenters. The molecule has 30 heavy (non-hydrogen) atoms. The van der Waals surface area contributed by atoms with Crippen LogP contribution in [0.1, 0.15) is 38.5 Å². The number of H-pyrrole nitrogens is 2. The minimum Gasteiger partial charge on any atom is -0.347 e. The lowest BCUT2D eigenvalue weighted by Gasteiger charge is -2.59. The summed E-state index contributed by atoms with van der Waals surface area (Å²) in [5.74, 6) is 0.660. The van der Waals surface area contributed by atoms with Gasteiger partial charge in [0.25, 0.3) is 11.1 Å². The van der Waals surface area contributed by atoms with Gasteiger partial charge in [0.2, 0.25) is 11.8 Å². The van der Waals surface area contributed by atoms with E-state index >= 15 is 0 Å². The maximum absolute atomic E-state index is 13.1. The lowest BCUT2D eigenvalue weighted by Crippen LogP contribution is -2.58. The molecule has 158 valence electrons. The molecule has 1 heterocycles. The van der Waals surface area contributed by atoms with Gasteiger partial charge in [0.05, 0.1) is 28.4 Å². The van der Waals surface area contributed by atoms with E-state index in [0.29, 0.717) is 11.8 Å². The number of benzene rings is 1. The maximum Gasteiger partial charge on any atom is 0.272 e. The third-order valence-corrected chi connectivity index (χ3v) is 7.91. The second kappa shape index (κ2) is 6.80. The third-order valence-electron chi connectivity index (χ3n) is 6.98. The Labute approximate surface area is 180 Å². The predicted molar refractivity (Wildman–Crippen MR) is 116 cm³/mol. The van der Waals surface area contributed by atoms with Crippen molar-refractivity contribution in [1.29, 1.82) is 0 Å². The van der Waals surface area contributed by atoms with Gasteiger partial charge in [0.1, 0.15) is 0 Å². The van der Waals surface area contributed by atoms with Gasteiger partial charge in [-0.25, -0.2) is 0 Å². The summed E-state index contributed by atoms with van der Waals surface area (Å²) >= 11 is 3.90. The van der Waals surface area contributed by atoms with Crippen LogP contribution in [0.15, 0.2) is 27.8 Å². The Hall–Kier alpha value is -2.42. The molecule has 0 radical (unpaired) electrons. The van der Waals surface area contributed by atoms with Gasteiger partial charge < -0.3 is 10.6 Å². The van der Waals surface area contributed by atoms with Crippen molar-refractivity contribution in [3.63, 3.8) is 0 Å². The van der Waals surface area contributed by atoms with Crippen molar-refractivity contribution in [2.24, 2.45) is 17.3 Å². The number of aromatic nitrogens is 2. The van der Waals surface area contributed by atoms with Crippen LogP contribution in [-0.4, -0.2) is 32.9 Å². The highest BCUT2D eigenvalue weighted by molar-refractivity contribution is 9.10. The number of amides is 2. The summed E-state index contributed by atoms with van der Waals surface area (Å²) in [4.78, 5) is 49.7. The van der Waals surface area contributed by atoms with Gasteiger partial charge in [-0.3, -0.25) is 29.4 Å². The molecule has 1 aromatic carbocycles. The van der Waals surface area contributed by atoms with Crippen molar-refractivity contribution in [1.82, 2.24) is 15.5 Å². The summed E-state index contributed by atoms with van der Waals surface area (Å²) in [6, 6.07) is 4.67. The van der Waals surface area contributed by atoms with Gasteiger partial charge in [-0.15, -0.1) is 0 Å². The number of alkyl halides is 1. The zero-order valence-corrected chi connectivity index (χ0v) is 17.9. The average Bonchev–Trinajstić information content (AvgIpc) is 2.67. The average molecular weight is 475 g/mol. The Morgan fingerprint density at radius 3 is 2.47 bits per heavy atom. The van der Waals surface area contributed by atoms with E-state index in [1.807, 2.05) is 0 Å². The van der Waals surface area contributed by atoms with E-state index in [2.05, 4.69) is 36.8 Å². The quantitative estimate of drug-likeness (QED) is 0.505. The number of halogens is 1. The Kier molecular flexibility index (Phi) is 4.43. The summed E-state index contributed by atoms with van der Waals surface area (Å²) in [6.07, 6.45) is 6.08. The Bertz CT molecular complexity index is 1160. The van der Waals surface area contributed by atoms with Crippen molar-refractivity contribution < 1.29 is 9.59 Å². The highest BCUT2D eigenvalue weighted by atomic mass is 79.9. The fourth-order valence-corrected chi connectivity index (χ4v) is 7.74. The Balaban J connectivity index is 1.29. The highest BCUT2D eigenvalue weighted by Gasteiger charge is 2.59. The Morgan fingerprint density at radius 2 is 1.77 bits per heavy atom. The van der Waals surface area contributed by atoms with Gasteiger partial charge in [0.15, 0.2) is 0 Å². The number of anilines is 1. The molecule has 4 fully saturated rings. The smallest absolute Gasteiger partial charge is 0.272 e. The molecule has 2 amide bonds. The molecular weight excluding hydrogens is 452 g/mol. The monoisotopic (exact) mass is 474 g/mol. The minimum atomic E-state index is -0.499. The number of hydrogen-bond acceptors (Lipinski definition) is 4. The van der Waals surface area contributed by atoms with E-state index in [1.165, 1.54) is 12.5 Å². The van der Waals surface area contributed by atoms with Crippen LogP contribution < -0.4 is 21.8 Å². The minimum absolute atomic E-state index is 0.0530. The van der Waals surface area contributed by atoms with Crippen LogP contribution in [0, 0.1) is 17.3 Å². The van der Waals surface area contributed by atoms with Crippen LogP contribution in [0.5, 0.6) is 0 Å². The number of fused-ring (bicyclic) bond motifs is 1. The molecule has 0 saturated heterocycles. The van der Waals surface area contributed by atoms with Crippen molar-refractivity contribution in [2.45, 2.75) is 42.8 Å². The zero-order valence-electron chi connectivity index (χ0n) is 16.3. The molecule has 4 N–H and O–H groups in total. The normalized spacial score (nSPS) is 31.6. The molecule has 4 saturated carbocycles. The summed E-state index contributed by atoms with van der Waals surface area (Å²) in [7, 11) is 0. The van der Waals surface area contributed by atoms with E-state index in [-0.39, 0.29) is 33.2 Å². The maximum atomic E-state index is 13.1. The van der Waals surface area contributed by atoms with Gasteiger partial charge >= 0.3 is 0 Å². The molecule has 0 spiro atoms. The number of rotatable bonds is 4. The van der Waals surface area contributed by atoms with Gasteiger partial charge in [-0.1, -0.05) is 22.0 Å². The van der Waals surface area contributed by atoms with Crippen molar-refractivity contribution in [3.05, 3.63) is 38.9 Å². The summed E-state index contributed by atoms with van der Waals surface area (Å²) < 4.78 is 0.0632. The number of carbonyl (C=O) groups excluding carboxylic acids is 2. The summed E-state index contributed by atoms with van der Waals surface area (Å²) in [5.41, 5.74) is -1.09. The second-order valence-corrected chi connectivity index (χ2v) is 10.9. The second-order valence-electron chi connectivity index (χ2n) is 9.26. The molecule has 4 bridgehead atoms. The largest absolute Gasteiger partial charge is 0.347 e. The first-order valence-electron chi connectivity index (χ1n) is 10.3. The van der Waals surface area contributed by atoms with E-state index < -0.39 is 22.4 Å². The van der Waals surface area contributed by atoms with Crippen LogP contribution in [0.4, 0.5) is 5.69 Å². The van der Waals surface area contributed by atoms with Crippen LogP contribution >= 0.6 is 15.9 Å². The van der Waals surface area contributed by atoms with Crippen molar-refractivity contribution in [2.75, 3.05) is 11.9 Å². The lowest BCUT2D eigenvalue weighted by molar-refractivity contribution is -0.144. The van der Waals surface area contributed by atoms with Crippen LogP contribution in [0.2, 0.25) is 0 Å². The fourth-order valence-electron chi connectivity index (χ4n) is 6.29. The van der Waals surface area contributed by atoms with E-state index in [1.54, 1.807) is 12.1 Å². The molecule has 0 aliphatic heterocycles. The first kappa shape index (κ1) is 19.5. The highest BCUT2D eigenvalue weighted by Crippen LogP contribution is 2.64. The topological polar surface area (TPSA) is 124 Å². The number of hydrogen-bond donors (Lipinski definition) is 4. The fraction of sp³-hybridized carbons (Fsp3) is 0.524. The molecule has 1 aromatic heterocycles. The number of nitrogens with one attached hydrogen (secondary N) is 4. The molecular formula is C21H23BrN4O4. The SMILES string of the molecule is O=C(CNC(=O)C12CC3CC(CC(Br)(C3)C1)C2)Nc1cccc2c(=O)[nH][nH]c(=O)c12. The van der Waals surface area contributed by atoms with Gasteiger partial charge in [-0.2, -0.15) is 0 Å². The van der Waals surface area contributed by atoms with Crippen molar-refractivity contribution >= 4 is 44.2 Å². The Morgan fingerprint density at radius 1 is 1.07 bits per heavy atom. The van der Waals surface area contributed by atoms with Crippen LogP contribution in [-0.2, 0) is 9.59 Å². The molecule has 4 aliphatic rings. The predicted octanol–water partition coefficient (Wildman–Crippen LogP) is 2.00. The van der Waals surface area contributed by atoms with Crippen LogP contribution in [0.25, 0.3) is 10.8 Å². The number of aromatic amines is 2. The standard InChI is InChI=1S/C21H23BrN4O4/c22-21-7-11-4-12(8-21)6-20(5-11,10-21)19(30)23-9-15(27)24-14-3-1-2-13-16(14)18(29)26-25-17(13)28/h1-3,11-12H,4-10H2,(H,23,30)(H,24,27)(H,25,28)(H,26,29). The zero-order chi connectivity index (χ0) is 21.1.